The number of hydrogen-bond acceptors (Lipinski definition) is 5. The van der Waals surface area contributed by atoms with Crippen molar-refractivity contribution in [2.45, 2.75) is 6.92 Å². The van der Waals surface area contributed by atoms with E-state index in [0.717, 1.165) is 23.7 Å². The zero-order valence-corrected chi connectivity index (χ0v) is 14.1. The number of thiocarbonyl (C=S) groups is 1. The molecule has 0 spiro atoms. The van der Waals surface area contributed by atoms with Gasteiger partial charge >= 0.3 is 0 Å². The Balaban J connectivity index is 2.66. The molecule has 0 unspecified atom stereocenters. The Kier molecular flexibility index (Phi) is 7.04. The smallest absolute Gasteiger partial charge is 0.189 e. The predicted molar refractivity (Wildman–Crippen MR) is 89.9 cm³/mol. The van der Waals surface area contributed by atoms with Crippen LogP contribution < -0.4 is 10.2 Å². The Morgan fingerprint density at radius 2 is 2.10 bits per heavy atom. The highest BCUT2D eigenvalue weighted by Crippen LogP contribution is 2.11. The van der Waals surface area contributed by atoms with E-state index < -0.39 is 0 Å². The van der Waals surface area contributed by atoms with Gasteiger partial charge in [-0.15, -0.1) is 0 Å². The van der Waals surface area contributed by atoms with E-state index >= 15 is 0 Å². The van der Waals surface area contributed by atoms with E-state index in [1.54, 1.807) is 11.1 Å². The van der Waals surface area contributed by atoms with Crippen LogP contribution in [-0.4, -0.2) is 67.0 Å². The third-order valence-electron chi connectivity index (χ3n) is 2.63. The molecule has 0 radical (unpaired) electrons. The summed E-state index contributed by atoms with van der Waals surface area (Å²) < 4.78 is 5.68. The largest absolute Gasteiger partial charge is 0.492 e. The summed E-state index contributed by atoms with van der Waals surface area (Å²) in [6.07, 6.45) is 1.71. The Hall–Kier alpha value is -1.73. The molecule has 0 aromatic carbocycles. The Morgan fingerprint density at radius 1 is 1.38 bits per heavy atom. The fraction of sp³-hybridized carbons (Fsp3) is 0.500. The van der Waals surface area contributed by atoms with Gasteiger partial charge in [0.05, 0.1) is 11.4 Å². The minimum absolute atomic E-state index is 0.549. The van der Waals surface area contributed by atoms with Crippen molar-refractivity contribution >= 4 is 23.0 Å². The second kappa shape index (κ2) is 8.53. The highest BCUT2D eigenvalue weighted by atomic mass is 32.1. The van der Waals surface area contributed by atoms with E-state index in [-0.39, 0.29) is 0 Å². The lowest BCUT2D eigenvalue weighted by Crippen LogP contribution is -2.31. The Morgan fingerprint density at radius 3 is 2.71 bits per heavy atom. The lowest BCUT2D eigenvalue weighted by molar-refractivity contribution is 0.261. The molecule has 1 aromatic rings. The van der Waals surface area contributed by atoms with E-state index in [0.29, 0.717) is 11.7 Å². The molecular weight excluding hydrogens is 286 g/mol. The molecule has 0 aliphatic rings. The van der Waals surface area contributed by atoms with Crippen LogP contribution >= 0.6 is 12.2 Å². The maximum Gasteiger partial charge on any atom is 0.189 e. The fourth-order valence-corrected chi connectivity index (χ4v) is 1.38. The van der Waals surface area contributed by atoms with Crippen LogP contribution in [0.4, 0.5) is 0 Å². The van der Waals surface area contributed by atoms with Crippen LogP contribution in [0.3, 0.4) is 0 Å². The van der Waals surface area contributed by atoms with Gasteiger partial charge in [0.25, 0.3) is 0 Å². The van der Waals surface area contributed by atoms with Gasteiger partial charge in [0.2, 0.25) is 0 Å². The first-order valence-corrected chi connectivity index (χ1v) is 7.06. The number of hydrogen-bond donors (Lipinski definition) is 1. The van der Waals surface area contributed by atoms with Crippen LogP contribution in [0.2, 0.25) is 0 Å². The normalized spacial score (nSPS) is 11.4. The molecule has 1 heterocycles. The zero-order chi connectivity index (χ0) is 15.8. The lowest BCUT2D eigenvalue weighted by Gasteiger charge is -2.13. The summed E-state index contributed by atoms with van der Waals surface area (Å²) in [7, 11) is 7.74. The molecular formula is C14H23N5OS. The molecule has 0 aliphatic heterocycles. The van der Waals surface area contributed by atoms with Crippen molar-refractivity contribution in [3.05, 3.63) is 24.0 Å². The van der Waals surface area contributed by atoms with Crippen LogP contribution in [0.5, 0.6) is 5.75 Å². The molecule has 0 bridgehead atoms. The average molecular weight is 309 g/mol. The third kappa shape index (κ3) is 6.50. The van der Waals surface area contributed by atoms with E-state index in [2.05, 4.69) is 20.4 Å². The lowest BCUT2D eigenvalue weighted by atomic mass is 10.2. The first kappa shape index (κ1) is 17.3. The van der Waals surface area contributed by atoms with Crippen molar-refractivity contribution in [3.63, 3.8) is 0 Å². The molecule has 0 amide bonds. The van der Waals surface area contributed by atoms with Crippen molar-refractivity contribution in [2.75, 3.05) is 41.3 Å². The quantitative estimate of drug-likeness (QED) is 0.484. The van der Waals surface area contributed by atoms with Gasteiger partial charge in [0.1, 0.15) is 12.4 Å². The van der Waals surface area contributed by atoms with Crippen molar-refractivity contribution in [1.29, 1.82) is 0 Å². The minimum atomic E-state index is 0.549. The summed E-state index contributed by atoms with van der Waals surface area (Å²) in [5, 5.41) is 4.77. The second-order valence-electron chi connectivity index (χ2n) is 5.04. The van der Waals surface area contributed by atoms with Gasteiger partial charge in [-0.05, 0) is 39.3 Å². The van der Waals surface area contributed by atoms with Crippen LogP contribution in [0.1, 0.15) is 12.6 Å². The fourth-order valence-electron chi connectivity index (χ4n) is 1.33. The van der Waals surface area contributed by atoms with Crippen LogP contribution in [0, 0.1) is 0 Å². The predicted octanol–water partition coefficient (Wildman–Crippen LogP) is 1.18. The van der Waals surface area contributed by atoms with E-state index in [9.17, 15) is 0 Å². The maximum atomic E-state index is 5.68. The zero-order valence-electron chi connectivity index (χ0n) is 13.3. The second-order valence-corrected chi connectivity index (χ2v) is 5.42. The monoisotopic (exact) mass is 309 g/mol. The number of hydrazone groups is 1. The van der Waals surface area contributed by atoms with Gasteiger partial charge in [-0.25, -0.2) is 0 Å². The highest BCUT2D eigenvalue weighted by Gasteiger charge is 2.03. The van der Waals surface area contributed by atoms with Crippen LogP contribution in [0.25, 0.3) is 0 Å². The van der Waals surface area contributed by atoms with Gasteiger partial charge in [-0.3, -0.25) is 10.4 Å². The number of likely N-dealkylation sites (N-methyl/N-ethyl adjacent to an activating group) is 1. The number of nitrogens with zero attached hydrogens (tertiary/aromatic N) is 4. The number of ether oxygens (including phenoxy) is 1. The van der Waals surface area contributed by atoms with Gasteiger partial charge < -0.3 is 14.5 Å². The standard InChI is InChI=1S/C14H23N5OS/c1-11(16-17-14(21)19(4)5)13-10-12(6-7-15-13)20-9-8-18(2)3/h6-7,10H,8-9H2,1-5H3,(H,17,21)/b16-11+. The van der Waals surface area contributed by atoms with Crippen molar-refractivity contribution < 1.29 is 4.74 Å². The summed E-state index contributed by atoms with van der Waals surface area (Å²) >= 11 is 5.11. The molecule has 1 N–H and O–H groups in total. The molecule has 0 aliphatic carbocycles. The van der Waals surface area contributed by atoms with E-state index in [4.69, 9.17) is 17.0 Å². The Labute approximate surface area is 131 Å². The summed E-state index contributed by atoms with van der Waals surface area (Å²) in [6, 6.07) is 3.71. The third-order valence-corrected chi connectivity index (χ3v) is 3.09. The van der Waals surface area contributed by atoms with Crippen molar-refractivity contribution in [1.82, 2.24) is 20.2 Å². The first-order valence-electron chi connectivity index (χ1n) is 6.65. The minimum Gasteiger partial charge on any atom is -0.492 e. The van der Waals surface area contributed by atoms with Gasteiger partial charge in [-0.2, -0.15) is 5.10 Å². The first-order chi connectivity index (χ1) is 9.90. The molecule has 0 fully saturated rings. The van der Waals surface area contributed by atoms with Gasteiger partial charge in [0, 0.05) is 32.9 Å². The molecule has 7 heteroatoms. The molecule has 0 saturated heterocycles. The number of rotatable bonds is 6. The SMILES string of the molecule is C/C(=N\NC(=S)N(C)C)c1cc(OCCN(C)C)ccn1. The number of aromatic nitrogens is 1. The Bertz CT molecular complexity index is 502. The van der Waals surface area contributed by atoms with E-state index in [1.807, 2.05) is 47.2 Å². The van der Waals surface area contributed by atoms with Crippen LogP contribution in [-0.2, 0) is 0 Å². The van der Waals surface area contributed by atoms with Crippen LogP contribution in [0.15, 0.2) is 23.4 Å². The van der Waals surface area contributed by atoms with Crippen molar-refractivity contribution in [2.24, 2.45) is 5.10 Å². The van der Waals surface area contributed by atoms with Crippen molar-refractivity contribution in [3.8, 4) is 5.75 Å². The summed E-state index contributed by atoms with van der Waals surface area (Å²) in [4.78, 5) is 8.14. The molecule has 0 atom stereocenters. The maximum absolute atomic E-state index is 5.68. The molecule has 6 nitrogen and oxygen atoms in total. The van der Waals surface area contributed by atoms with Gasteiger partial charge in [0.15, 0.2) is 5.11 Å². The summed E-state index contributed by atoms with van der Waals surface area (Å²) in [6.45, 7) is 3.37. The molecule has 21 heavy (non-hydrogen) atoms. The molecule has 1 aromatic heterocycles. The molecule has 1 rings (SSSR count). The highest BCUT2D eigenvalue weighted by molar-refractivity contribution is 7.80. The average Bonchev–Trinajstić information content (AvgIpc) is 2.44. The molecule has 0 saturated carbocycles. The van der Waals surface area contributed by atoms with E-state index in [1.165, 1.54) is 0 Å². The summed E-state index contributed by atoms with van der Waals surface area (Å²) in [5.74, 6) is 0.784. The van der Waals surface area contributed by atoms with Gasteiger partial charge in [-0.1, -0.05) is 0 Å². The summed E-state index contributed by atoms with van der Waals surface area (Å²) in [5.41, 5.74) is 4.32. The topological polar surface area (TPSA) is 53.0 Å². The number of pyridine rings is 1. The molecule has 116 valence electrons. The number of nitrogens with one attached hydrogen (secondary N) is 1.